The first-order chi connectivity index (χ1) is 10.5. The summed E-state index contributed by atoms with van der Waals surface area (Å²) in [6, 6.07) is 7.07. The normalized spacial score (nSPS) is 15.2. The molecular weight excluding hydrogens is 297 g/mol. The summed E-state index contributed by atoms with van der Waals surface area (Å²) in [6.45, 7) is 1.67. The van der Waals surface area contributed by atoms with Gasteiger partial charge in [0.15, 0.2) is 0 Å². The Bertz CT molecular complexity index is 624. The lowest BCUT2D eigenvalue weighted by molar-refractivity contribution is -0.138. The molecule has 0 spiro atoms. The van der Waals surface area contributed by atoms with Crippen molar-refractivity contribution in [3.8, 4) is 5.75 Å². The van der Waals surface area contributed by atoms with E-state index in [4.69, 9.17) is 4.74 Å². The Labute approximate surface area is 124 Å². The van der Waals surface area contributed by atoms with Gasteiger partial charge in [-0.3, -0.25) is 0 Å². The number of ether oxygens (including phenoxy) is 1. The molecule has 2 N–H and O–H groups in total. The fourth-order valence-corrected chi connectivity index (χ4v) is 1.82. The van der Waals surface area contributed by atoms with Gasteiger partial charge >= 0.3 is 6.18 Å². The molecule has 1 aliphatic rings. The van der Waals surface area contributed by atoms with E-state index in [0.717, 1.165) is 31.2 Å². The summed E-state index contributed by atoms with van der Waals surface area (Å²) < 4.78 is 42.9. The minimum Gasteiger partial charge on any atom is -0.488 e. The van der Waals surface area contributed by atoms with Crippen LogP contribution in [0.3, 0.4) is 0 Å². The molecule has 0 aliphatic carbocycles. The Morgan fingerprint density at radius 2 is 1.73 bits per heavy atom. The lowest BCUT2D eigenvalue weighted by atomic mass is 10.2. The van der Waals surface area contributed by atoms with Crippen LogP contribution in [-0.2, 0) is 6.18 Å². The fourth-order valence-electron chi connectivity index (χ4n) is 1.82. The second kappa shape index (κ2) is 5.80. The van der Waals surface area contributed by atoms with Gasteiger partial charge in [-0.25, -0.2) is 9.97 Å². The summed E-state index contributed by atoms with van der Waals surface area (Å²) in [5.74, 6) is 0.843. The van der Waals surface area contributed by atoms with Crippen LogP contribution in [0, 0.1) is 0 Å². The first-order valence-electron chi connectivity index (χ1n) is 6.64. The van der Waals surface area contributed by atoms with Gasteiger partial charge in [-0.2, -0.15) is 13.2 Å². The first-order valence-corrected chi connectivity index (χ1v) is 6.64. The van der Waals surface area contributed by atoms with E-state index < -0.39 is 11.7 Å². The molecular formula is C14H13F3N4O. The molecule has 0 amide bonds. The molecule has 1 aliphatic heterocycles. The molecule has 1 saturated heterocycles. The molecule has 1 aromatic heterocycles. The lowest BCUT2D eigenvalue weighted by Crippen LogP contribution is -2.50. The van der Waals surface area contributed by atoms with E-state index in [1.54, 1.807) is 24.3 Å². The molecule has 5 nitrogen and oxygen atoms in total. The van der Waals surface area contributed by atoms with E-state index >= 15 is 0 Å². The van der Waals surface area contributed by atoms with Gasteiger partial charge in [0.05, 0.1) is 5.56 Å². The van der Waals surface area contributed by atoms with Crippen molar-refractivity contribution >= 4 is 11.6 Å². The minimum absolute atomic E-state index is 0.102. The molecule has 0 atom stereocenters. The number of rotatable bonds is 4. The average molecular weight is 310 g/mol. The van der Waals surface area contributed by atoms with Gasteiger partial charge in [-0.15, -0.1) is 0 Å². The average Bonchev–Trinajstić information content (AvgIpc) is 2.44. The highest BCUT2D eigenvalue weighted by atomic mass is 19.4. The van der Waals surface area contributed by atoms with E-state index in [1.165, 1.54) is 0 Å². The maximum Gasteiger partial charge on any atom is 0.419 e. The van der Waals surface area contributed by atoms with Crippen molar-refractivity contribution in [3.05, 3.63) is 42.2 Å². The van der Waals surface area contributed by atoms with E-state index in [-0.39, 0.29) is 12.1 Å². The number of nitrogens with one attached hydrogen (secondary N) is 2. The molecule has 1 aromatic carbocycles. The Morgan fingerprint density at radius 3 is 2.23 bits per heavy atom. The summed E-state index contributed by atoms with van der Waals surface area (Å²) in [5.41, 5.74) is -0.213. The largest absolute Gasteiger partial charge is 0.488 e. The minimum atomic E-state index is -4.44. The Morgan fingerprint density at radius 1 is 1.09 bits per heavy atom. The van der Waals surface area contributed by atoms with Crippen LogP contribution >= 0.6 is 0 Å². The molecule has 2 heterocycles. The van der Waals surface area contributed by atoms with Crippen LogP contribution in [0.15, 0.2) is 36.7 Å². The summed E-state index contributed by atoms with van der Waals surface area (Å²) >= 11 is 0. The number of nitrogens with zero attached hydrogens (tertiary/aromatic N) is 2. The standard InChI is InChI=1S/C14H13F3N4O/c15-14(16,17)9-5-19-13(20-6-9)21-10-1-3-11(4-2-10)22-12-7-18-8-12/h1-6,12,18H,7-8H2,(H,19,20,21). The second-order valence-corrected chi connectivity index (χ2v) is 4.84. The second-order valence-electron chi connectivity index (χ2n) is 4.84. The van der Waals surface area contributed by atoms with Crippen LogP contribution in [0.4, 0.5) is 24.8 Å². The van der Waals surface area contributed by atoms with E-state index in [0.29, 0.717) is 5.69 Å². The highest BCUT2D eigenvalue weighted by molar-refractivity contribution is 5.54. The first kappa shape index (κ1) is 14.6. The monoisotopic (exact) mass is 310 g/mol. The molecule has 0 saturated carbocycles. The summed E-state index contributed by atoms with van der Waals surface area (Å²) in [7, 11) is 0. The van der Waals surface area contributed by atoms with Crippen LogP contribution in [0.25, 0.3) is 0 Å². The SMILES string of the molecule is FC(F)(F)c1cnc(Nc2ccc(OC3CNC3)cc2)nc1. The quantitative estimate of drug-likeness (QED) is 0.909. The highest BCUT2D eigenvalue weighted by Crippen LogP contribution is 2.28. The Balaban J connectivity index is 1.62. The summed E-state index contributed by atoms with van der Waals surface area (Å²) in [6.07, 6.45) is -2.75. The molecule has 8 heteroatoms. The van der Waals surface area contributed by atoms with E-state index in [9.17, 15) is 13.2 Å². The maximum atomic E-state index is 12.4. The maximum absolute atomic E-state index is 12.4. The molecule has 2 aromatic rings. The smallest absolute Gasteiger partial charge is 0.419 e. The van der Waals surface area contributed by atoms with Crippen molar-refractivity contribution in [1.29, 1.82) is 0 Å². The molecule has 0 unspecified atom stereocenters. The molecule has 3 rings (SSSR count). The van der Waals surface area contributed by atoms with Gasteiger partial charge in [-0.1, -0.05) is 0 Å². The highest BCUT2D eigenvalue weighted by Gasteiger charge is 2.31. The van der Waals surface area contributed by atoms with Crippen LogP contribution in [0.5, 0.6) is 5.75 Å². The summed E-state index contributed by atoms with van der Waals surface area (Å²) in [5, 5.41) is 5.94. The molecule has 22 heavy (non-hydrogen) atoms. The predicted octanol–water partition coefficient (Wildman–Crippen LogP) is 2.59. The van der Waals surface area contributed by atoms with Crippen molar-refractivity contribution in [2.45, 2.75) is 12.3 Å². The number of hydrogen-bond acceptors (Lipinski definition) is 5. The summed E-state index contributed by atoms with van der Waals surface area (Å²) in [4.78, 5) is 7.30. The van der Waals surface area contributed by atoms with Crippen LogP contribution in [-0.4, -0.2) is 29.2 Å². The zero-order valence-electron chi connectivity index (χ0n) is 11.4. The Kier molecular flexibility index (Phi) is 3.84. The third-order valence-corrected chi connectivity index (χ3v) is 3.14. The van der Waals surface area contributed by atoms with Crippen molar-refractivity contribution in [3.63, 3.8) is 0 Å². The number of halogens is 3. The lowest BCUT2D eigenvalue weighted by Gasteiger charge is -2.27. The van der Waals surface area contributed by atoms with Gasteiger partial charge in [0.1, 0.15) is 11.9 Å². The van der Waals surface area contributed by atoms with Gasteiger partial charge in [-0.05, 0) is 24.3 Å². The number of aromatic nitrogens is 2. The van der Waals surface area contributed by atoms with Crippen molar-refractivity contribution < 1.29 is 17.9 Å². The van der Waals surface area contributed by atoms with Crippen molar-refractivity contribution in [2.75, 3.05) is 18.4 Å². The van der Waals surface area contributed by atoms with Gasteiger partial charge in [0, 0.05) is 31.2 Å². The third kappa shape index (κ3) is 3.45. The Hall–Kier alpha value is -2.35. The number of benzene rings is 1. The number of alkyl halides is 3. The number of anilines is 2. The van der Waals surface area contributed by atoms with Crippen LogP contribution < -0.4 is 15.4 Å². The number of hydrogen-bond donors (Lipinski definition) is 2. The molecule has 116 valence electrons. The van der Waals surface area contributed by atoms with Crippen LogP contribution in [0.1, 0.15) is 5.56 Å². The van der Waals surface area contributed by atoms with Gasteiger partial charge in [0.2, 0.25) is 5.95 Å². The van der Waals surface area contributed by atoms with E-state index in [2.05, 4.69) is 20.6 Å². The molecule has 1 fully saturated rings. The van der Waals surface area contributed by atoms with Crippen molar-refractivity contribution in [2.24, 2.45) is 0 Å². The van der Waals surface area contributed by atoms with Crippen LogP contribution in [0.2, 0.25) is 0 Å². The van der Waals surface area contributed by atoms with Gasteiger partial charge < -0.3 is 15.4 Å². The zero-order chi connectivity index (χ0) is 15.6. The fraction of sp³-hybridized carbons (Fsp3) is 0.286. The predicted molar refractivity (Wildman–Crippen MR) is 74.0 cm³/mol. The third-order valence-electron chi connectivity index (χ3n) is 3.14. The molecule has 0 radical (unpaired) electrons. The molecule has 0 bridgehead atoms. The zero-order valence-corrected chi connectivity index (χ0v) is 11.4. The van der Waals surface area contributed by atoms with E-state index in [1.807, 2.05) is 0 Å². The van der Waals surface area contributed by atoms with Crippen molar-refractivity contribution in [1.82, 2.24) is 15.3 Å². The topological polar surface area (TPSA) is 59.1 Å². The van der Waals surface area contributed by atoms with Gasteiger partial charge in [0.25, 0.3) is 0 Å².